The molecule has 0 N–H and O–H groups in total. The van der Waals surface area contributed by atoms with Crippen molar-refractivity contribution in [3.63, 3.8) is 0 Å². The Morgan fingerprint density at radius 2 is 1.14 bits per heavy atom. The molecular formula is C36H50O6. The van der Waals surface area contributed by atoms with Gasteiger partial charge in [-0.3, -0.25) is 0 Å². The lowest BCUT2D eigenvalue weighted by atomic mass is 9.96. The maximum atomic E-state index is 11.8. The summed E-state index contributed by atoms with van der Waals surface area (Å²) in [6, 6.07) is 16.3. The van der Waals surface area contributed by atoms with E-state index in [1.165, 1.54) is 16.5 Å². The van der Waals surface area contributed by atoms with Gasteiger partial charge in [0.15, 0.2) is 13.2 Å². The van der Waals surface area contributed by atoms with Crippen LogP contribution in [0.15, 0.2) is 48.5 Å². The first-order valence-electron chi connectivity index (χ1n) is 14.7. The standard InChI is InChI=1S/C19H24O3.C17H26O3/c1-13(2)14-10-11-17(16-9-7-6-8-15(14)16)21-12-18(20)22-19(3,4)5;1-11(2)14-8-12(3)16(13(4)9-14)19-10-15(18)20-17(5,6)7/h6-11,13H,12H2,1-5H3;8-9,11H,10H2,1-7H3. The minimum atomic E-state index is -0.496. The summed E-state index contributed by atoms with van der Waals surface area (Å²) in [5.41, 5.74) is 3.69. The van der Waals surface area contributed by atoms with Crippen molar-refractivity contribution in [1.29, 1.82) is 0 Å². The van der Waals surface area contributed by atoms with Crippen LogP contribution in [0.25, 0.3) is 10.8 Å². The van der Waals surface area contributed by atoms with E-state index in [1.807, 2.05) is 79.7 Å². The zero-order valence-electron chi connectivity index (χ0n) is 27.6. The number of benzene rings is 3. The third-order valence-electron chi connectivity index (χ3n) is 6.21. The summed E-state index contributed by atoms with van der Waals surface area (Å²) in [5.74, 6) is 1.71. The molecule has 230 valence electrons. The van der Waals surface area contributed by atoms with Gasteiger partial charge >= 0.3 is 11.9 Å². The van der Waals surface area contributed by atoms with Gasteiger partial charge in [-0.05, 0) is 101 Å². The van der Waals surface area contributed by atoms with Gasteiger partial charge < -0.3 is 18.9 Å². The molecule has 0 atom stereocenters. The molecule has 3 rings (SSSR count). The maximum Gasteiger partial charge on any atom is 0.344 e. The highest BCUT2D eigenvalue weighted by Gasteiger charge is 2.19. The van der Waals surface area contributed by atoms with Gasteiger partial charge in [0, 0.05) is 5.39 Å². The Balaban J connectivity index is 0.000000295. The summed E-state index contributed by atoms with van der Waals surface area (Å²) < 4.78 is 21.8. The molecule has 0 spiro atoms. The fraction of sp³-hybridized carbons (Fsp3) is 0.500. The monoisotopic (exact) mass is 578 g/mol. The number of aryl methyl sites for hydroxylation is 2. The predicted octanol–water partition coefficient (Wildman–Crippen LogP) is 8.83. The topological polar surface area (TPSA) is 71.1 Å². The van der Waals surface area contributed by atoms with Gasteiger partial charge in [-0.2, -0.15) is 0 Å². The van der Waals surface area contributed by atoms with Crippen LogP contribution in [0.5, 0.6) is 11.5 Å². The Kier molecular flexibility index (Phi) is 12.0. The number of fused-ring (bicyclic) bond motifs is 1. The Bertz CT molecular complexity index is 1330. The lowest BCUT2D eigenvalue weighted by Crippen LogP contribution is -2.27. The zero-order chi connectivity index (χ0) is 31.8. The molecule has 0 saturated carbocycles. The zero-order valence-corrected chi connectivity index (χ0v) is 27.6. The Hall–Kier alpha value is -3.54. The first-order valence-corrected chi connectivity index (χ1v) is 14.7. The van der Waals surface area contributed by atoms with Crippen molar-refractivity contribution >= 4 is 22.7 Å². The van der Waals surface area contributed by atoms with E-state index in [0.717, 1.165) is 22.3 Å². The average Bonchev–Trinajstić information content (AvgIpc) is 2.84. The van der Waals surface area contributed by atoms with E-state index in [1.54, 1.807) is 0 Å². The summed E-state index contributed by atoms with van der Waals surface area (Å²) >= 11 is 0. The van der Waals surface area contributed by atoms with Crippen molar-refractivity contribution in [3.8, 4) is 11.5 Å². The van der Waals surface area contributed by atoms with Crippen molar-refractivity contribution in [2.24, 2.45) is 0 Å². The molecule has 3 aromatic rings. The van der Waals surface area contributed by atoms with Gasteiger partial charge in [0.2, 0.25) is 0 Å². The van der Waals surface area contributed by atoms with Crippen LogP contribution in [0, 0.1) is 13.8 Å². The second-order valence-electron chi connectivity index (χ2n) is 13.2. The van der Waals surface area contributed by atoms with Crippen LogP contribution in [0.3, 0.4) is 0 Å². The lowest BCUT2D eigenvalue weighted by Gasteiger charge is -2.20. The number of rotatable bonds is 8. The molecule has 0 aliphatic heterocycles. The van der Waals surface area contributed by atoms with E-state index in [0.29, 0.717) is 17.6 Å². The van der Waals surface area contributed by atoms with Crippen molar-refractivity contribution < 1.29 is 28.5 Å². The maximum absolute atomic E-state index is 11.8. The Morgan fingerprint density at radius 3 is 1.60 bits per heavy atom. The quantitative estimate of drug-likeness (QED) is 0.249. The number of hydrogen-bond acceptors (Lipinski definition) is 6. The predicted molar refractivity (Wildman–Crippen MR) is 171 cm³/mol. The molecule has 0 radical (unpaired) electrons. The van der Waals surface area contributed by atoms with Crippen LogP contribution in [0.2, 0.25) is 0 Å². The summed E-state index contributed by atoms with van der Waals surface area (Å²) in [5, 5.41) is 2.19. The number of hydrogen-bond donors (Lipinski definition) is 0. The molecule has 6 heteroatoms. The molecule has 0 heterocycles. The van der Waals surface area contributed by atoms with Gasteiger partial charge in [0.1, 0.15) is 22.7 Å². The van der Waals surface area contributed by atoms with E-state index in [9.17, 15) is 9.59 Å². The highest BCUT2D eigenvalue weighted by atomic mass is 16.6. The highest BCUT2D eigenvalue weighted by Crippen LogP contribution is 2.32. The van der Waals surface area contributed by atoms with Crippen molar-refractivity contribution in [1.82, 2.24) is 0 Å². The average molecular weight is 579 g/mol. The molecule has 0 bridgehead atoms. The Labute approximate surface area is 252 Å². The first kappa shape index (κ1) is 34.7. The third kappa shape index (κ3) is 11.0. The lowest BCUT2D eigenvalue weighted by molar-refractivity contribution is -0.158. The molecule has 3 aromatic carbocycles. The summed E-state index contributed by atoms with van der Waals surface area (Å²) in [6.07, 6.45) is 0. The summed E-state index contributed by atoms with van der Waals surface area (Å²) in [6.45, 7) is 23.6. The number of ether oxygens (including phenoxy) is 4. The van der Waals surface area contributed by atoms with Gasteiger partial charge in [-0.25, -0.2) is 9.59 Å². The van der Waals surface area contributed by atoms with Gasteiger partial charge in [-0.15, -0.1) is 0 Å². The number of esters is 2. The van der Waals surface area contributed by atoms with Crippen LogP contribution in [-0.4, -0.2) is 36.4 Å². The molecule has 0 amide bonds. The van der Waals surface area contributed by atoms with Crippen LogP contribution in [-0.2, 0) is 19.1 Å². The Morgan fingerprint density at radius 1 is 0.667 bits per heavy atom. The molecule has 42 heavy (non-hydrogen) atoms. The highest BCUT2D eigenvalue weighted by molar-refractivity contribution is 5.91. The fourth-order valence-corrected chi connectivity index (χ4v) is 4.48. The SMILES string of the molecule is CC(C)c1ccc(OCC(=O)OC(C)(C)C)c2ccccc12.Cc1cc(C(C)C)cc(C)c1OCC(=O)OC(C)(C)C. The van der Waals surface area contributed by atoms with E-state index in [-0.39, 0.29) is 25.2 Å². The first-order chi connectivity index (χ1) is 19.4. The number of carbonyl (C=O) groups is 2. The van der Waals surface area contributed by atoms with Crippen LogP contribution in [0.1, 0.15) is 103 Å². The normalized spacial score (nSPS) is 11.7. The van der Waals surface area contributed by atoms with E-state index >= 15 is 0 Å². The van der Waals surface area contributed by atoms with Crippen molar-refractivity contribution in [2.75, 3.05) is 13.2 Å². The molecule has 0 unspecified atom stereocenters. The van der Waals surface area contributed by atoms with Gasteiger partial charge in [0.25, 0.3) is 0 Å². The van der Waals surface area contributed by atoms with Crippen LogP contribution >= 0.6 is 0 Å². The minimum absolute atomic E-state index is 0.0556. The molecule has 0 fully saturated rings. The molecule has 0 aromatic heterocycles. The third-order valence-corrected chi connectivity index (χ3v) is 6.21. The summed E-state index contributed by atoms with van der Waals surface area (Å²) in [4.78, 5) is 23.5. The fourth-order valence-electron chi connectivity index (χ4n) is 4.48. The molecule has 0 aliphatic carbocycles. The van der Waals surface area contributed by atoms with Gasteiger partial charge in [0.05, 0.1) is 0 Å². The summed E-state index contributed by atoms with van der Waals surface area (Å²) in [7, 11) is 0. The van der Waals surface area contributed by atoms with E-state index < -0.39 is 11.2 Å². The van der Waals surface area contributed by atoms with E-state index in [4.69, 9.17) is 18.9 Å². The molecular weight excluding hydrogens is 528 g/mol. The van der Waals surface area contributed by atoms with Crippen molar-refractivity contribution in [2.45, 2.75) is 106 Å². The second-order valence-corrected chi connectivity index (χ2v) is 13.2. The second kappa shape index (κ2) is 14.6. The largest absolute Gasteiger partial charge is 0.481 e. The molecule has 0 saturated heterocycles. The van der Waals surface area contributed by atoms with Crippen LogP contribution < -0.4 is 9.47 Å². The minimum Gasteiger partial charge on any atom is -0.481 e. The molecule has 6 nitrogen and oxygen atoms in total. The molecule has 0 aliphatic rings. The van der Waals surface area contributed by atoms with Crippen LogP contribution in [0.4, 0.5) is 0 Å². The van der Waals surface area contributed by atoms with Gasteiger partial charge in [-0.1, -0.05) is 70.2 Å². The smallest absolute Gasteiger partial charge is 0.344 e. The van der Waals surface area contributed by atoms with Crippen molar-refractivity contribution in [3.05, 3.63) is 70.8 Å². The van der Waals surface area contributed by atoms with E-state index in [2.05, 4.69) is 52.0 Å². The number of carbonyl (C=O) groups excluding carboxylic acids is 2.